The molecule has 0 radical (unpaired) electrons. The normalized spacial score (nSPS) is 25.5. The van der Waals surface area contributed by atoms with Gasteiger partial charge in [0, 0.05) is 16.6 Å². The Hall–Kier alpha value is -3.52. The maximum absolute atomic E-state index is 14.4. The number of para-hydroxylation sites is 2. The van der Waals surface area contributed by atoms with Crippen LogP contribution in [0.15, 0.2) is 71.5 Å². The predicted octanol–water partition coefficient (Wildman–Crippen LogP) is 4.68. The largest absolute Gasteiger partial charge is 0.296 e. The highest BCUT2D eigenvalue weighted by Gasteiger charge is 2.70. The lowest BCUT2D eigenvalue weighted by molar-refractivity contribution is -0.123. The predicted molar refractivity (Wildman–Crippen MR) is 146 cm³/mol. The van der Waals surface area contributed by atoms with Crippen molar-refractivity contribution in [1.29, 1.82) is 0 Å². The van der Waals surface area contributed by atoms with Gasteiger partial charge < -0.3 is 0 Å². The van der Waals surface area contributed by atoms with Crippen LogP contribution in [0.5, 0.6) is 0 Å². The summed E-state index contributed by atoms with van der Waals surface area (Å²) >= 11 is 12.6. The van der Waals surface area contributed by atoms with Gasteiger partial charge >= 0.3 is 0 Å². The van der Waals surface area contributed by atoms with Crippen molar-refractivity contribution >= 4 is 51.6 Å². The van der Waals surface area contributed by atoms with Gasteiger partial charge in [-0.1, -0.05) is 67.4 Å². The molecule has 1 aromatic heterocycles. The zero-order valence-electron chi connectivity index (χ0n) is 20.5. The summed E-state index contributed by atoms with van der Waals surface area (Å²) in [5.41, 5.74) is 0.855. The van der Waals surface area contributed by atoms with Crippen LogP contribution in [0.3, 0.4) is 0 Å². The number of halogens is 2. The maximum atomic E-state index is 14.4. The van der Waals surface area contributed by atoms with E-state index in [1.807, 2.05) is 44.2 Å². The molecule has 1 spiro atoms. The second kappa shape index (κ2) is 7.99. The van der Waals surface area contributed by atoms with Crippen molar-refractivity contribution in [3.05, 3.63) is 98.5 Å². The fourth-order valence-electron chi connectivity index (χ4n) is 6.62. The molecule has 9 heteroatoms. The molecule has 38 heavy (non-hydrogen) atoms. The van der Waals surface area contributed by atoms with Crippen LogP contribution in [0.4, 0.5) is 5.69 Å². The minimum absolute atomic E-state index is 0.00709. The lowest BCUT2D eigenvalue weighted by Crippen LogP contribution is -2.51. The third kappa shape index (κ3) is 2.84. The number of nitrogens with one attached hydrogen (secondary N) is 1. The Morgan fingerprint density at radius 1 is 0.921 bits per heavy atom. The fourth-order valence-corrected chi connectivity index (χ4v) is 7.12. The smallest absolute Gasteiger partial charge is 0.266 e. The Morgan fingerprint density at radius 3 is 2.42 bits per heavy atom. The van der Waals surface area contributed by atoms with Crippen molar-refractivity contribution in [3.8, 4) is 5.69 Å². The molecule has 0 bridgehead atoms. The molecule has 190 valence electrons. The van der Waals surface area contributed by atoms with Gasteiger partial charge in [0.2, 0.25) is 11.8 Å². The van der Waals surface area contributed by atoms with Gasteiger partial charge in [0.1, 0.15) is 11.4 Å². The van der Waals surface area contributed by atoms with Gasteiger partial charge in [-0.2, -0.15) is 0 Å². The van der Waals surface area contributed by atoms with E-state index in [1.165, 1.54) is 11.0 Å². The molecule has 4 heterocycles. The highest BCUT2D eigenvalue weighted by Crippen LogP contribution is 2.56. The lowest BCUT2D eigenvalue weighted by atomic mass is 9.75. The van der Waals surface area contributed by atoms with Gasteiger partial charge in [-0.3, -0.25) is 24.3 Å². The highest BCUT2D eigenvalue weighted by molar-refractivity contribution is 6.38. The molecular formula is C29H22Cl2N4O3. The molecule has 2 fully saturated rings. The number of amides is 2. The summed E-state index contributed by atoms with van der Waals surface area (Å²) in [6, 6.07) is 19.1. The van der Waals surface area contributed by atoms with E-state index in [1.54, 1.807) is 34.9 Å². The van der Waals surface area contributed by atoms with Gasteiger partial charge in [0.15, 0.2) is 0 Å². The number of anilines is 1. The Balaban J connectivity index is 1.53. The zero-order chi connectivity index (χ0) is 26.5. The summed E-state index contributed by atoms with van der Waals surface area (Å²) in [6.07, 6.45) is 0. The summed E-state index contributed by atoms with van der Waals surface area (Å²) in [7, 11) is 0. The first-order valence-electron chi connectivity index (χ1n) is 12.5. The van der Waals surface area contributed by atoms with Crippen LogP contribution in [0.2, 0.25) is 10.0 Å². The molecule has 0 aliphatic carbocycles. The van der Waals surface area contributed by atoms with Crippen LogP contribution in [0, 0.1) is 17.8 Å². The van der Waals surface area contributed by atoms with Crippen LogP contribution >= 0.6 is 23.2 Å². The minimum atomic E-state index is -1.18. The van der Waals surface area contributed by atoms with Crippen molar-refractivity contribution in [2.75, 3.05) is 4.90 Å². The number of hydrogen-bond donors (Lipinski definition) is 1. The number of hydrogen-bond acceptors (Lipinski definition) is 5. The standard InChI is InChI=1S/C29H22Cl2N4O3/c1-14(2)24-22-23(27(38)34(26(22)37)21-12-11-15(30)13-18(21)31)29(33-24)17-8-4-6-10-20(17)35-25(36)16-7-3-5-9-19(16)32-28(29)35/h3-14,22-24,33H,1-2H3/t22-,23-,24?,29?/m1/s1. The van der Waals surface area contributed by atoms with Crippen LogP contribution in [-0.4, -0.2) is 27.4 Å². The van der Waals surface area contributed by atoms with E-state index in [2.05, 4.69) is 5.32 Å². The monoisotopic (exact) mass is 544 g/mol. The molecule has 3 aliphatic rings. The molecule has 4 atom stereocenters. The SMILES string of the molecule is CC(C)C1NC2(c3ccccc3-n3c2nc2ccccc2c3=O)[C@H]2C(=O)N(c3ccc(Cl)cc3Cl)C(=O)[C@@H]12. The zero-order valence-corrected chi connectivity index (χ0v) is 22.0. The van der Waals surface area contributed by atoms with E-state index in [4.69, 9.17) is 28.2 Å². The first kappa shape index (κ1) is 23.6. The molecule has 7 rings (SSSR count). The number of rotatable bonds is 2. The van der Waals surface area contributed by atoms with Crippen molar-refractivity contribution in [1.82, 2.24) is 14.9 Å². The third-order valence-electron chi connectivity index (χ3n) is 8.17. The quantitative estimate of drug-likeness (QED) is 0.370. The van der Waals surface area contributed by atoms with Crippen LogP contribution < -0.4 is 15.8 Å². The summed E-state index contributed by atoms with van der Waals surface area (Å²) in [6.45, 7) is 4.04. The molecule has 4 aromatic rings. The van der Waals surface area contributed by atoms with Gasteiger partial charge in [0.05, 0.1) is 39.1 Å². The molecule has 3 aromatic carbocycles. The summed E-state index contributed by atoms with van der Waals surface area (Å²) < 4.78 is 1.60. The van der Waals surface area contributed by atoms with E-state index in [-0.39, 0.29) is 34.4 Å². The highest BCUT2D eigenvalue weighted by atomic mass is 35.5. The topological polar surface area (TPSA) is 84.3 Å². The van der Waals surface area contributed by atoms with Crippen LogP contribution in [0.1, 0.15) is 25.2 Å². The molecule has 2 saturated heterocycles. The Morgan fingerprint density at radius 2 is 1.66 bits per heavy atom. The molecule has 7 nitrogen and oxygen atoms in total. The number of carbonyl (C=O) groups excluding carboxylic acids is 2. The van der Waals surface area contributed by atoms with E-state index >= 15 is 0 Å². The second-order valence-corrected chi connectivity index (χ2v) is 11.3. The van der Waals surface area contributed by atoms with Crippen molar-refractivity contribution in [2.45, 2.75) is 25.4 Å². The average molecular weight is 545 g/mol. The molecule has 2 amide bonds. The number of nitrogens with zero attached hydrogens (tertiary/aromatic N) is 3. The van der Waals surface area contributed by atoms with Crippen molar-refractivity contribution in [2.24, 2.45) is 17.8 Å². The number of benzene rings is 3. The number of imide groups is 1. The van der Waals surface area contributed by atoms with Gasteiger partial charge in [0.25, 0.3) is 5.56 Å². The molecular weight excluding hydrogens is 523 g/mol. The summed E-state index contributed by atoms with van der Waals surface area (Å²) in [5.74, 6) is -1.80. The minimum Gasteiger partial charge on any atom is -0.296 e. The maximum Gasteiger partial charge on any atom is 0.266 e. The van der Waals surface area contributed by atoms with E-state index in [0.29, 0.717) is 33.1 Å². The Labute approximate surface area is 228 Å². The van der Waals surface area contributed by atoms with E-state index < -0.39 is 17.4 Å². The number of fused-ring (bicyclic) bond motifs is 8. The van der Waals surface area contributed by atoms with Gasteiger partial charge in [-0.05, 0) is 42.3 Å². The van der Waals surface area contributed by atoms with Gasteiger partial charge in [-0.15, -0.1) is 0 Å². The first-order chi connectivity index (χ1) is 18.3. The van der Waals surface area contributed by atoms with Crippen molar-refractivity contribution < 1.29 is 9.59 Å². The van der Waals surface area contributed by atoms with E-state index in [9.17, 15) is 14.4 Å². The van der Waals surface area contributed by atoms with Gasteiger partial charge in [-0.25, -0.2) is 9.88 Å². The molecule has 1 N–H and O–H groups in total. The fraction of sp³-hybridized carbons (Fsp3) is 0.241. The molecule has 0 saturated carbocycles. The third-order valence-corrected chi connectivity index (χ3v) is 8.70. The molecule has 2 unspecified atom stereocenters. The lowest BCUT2D eigenvalue weighted by Gasteiger charge is -2.32. The second-order valence-electron chi connectivity index (χ2n) is 10.4. The summed E-state index contributed by atoms with van der Waals surface area (Å²) in [5, 5.41) is 4.80. The average Bonchev–Trinajstić information content (AvgIpc) is 3.49. The van der Waals surface area contributed by atoms with E-state index in [0.717, 1.165) is 5.56 Å². The van der Waals surface area contributed by atoms with Crippen LogP contribution in [-0.2, 0) is 15.1 Å². The number of aromatic nitrogens is 2. The number of carbonyl (C=O) groups is 2. The Kier molecular flexibility index (Phi) is 4.96. The first-order valence-corrected chi connectivity index (χ1v) is 13.2. The van der Waals surface area contributed by atoms with Crippen molar-refractivity contribution in [3.63, 3.8) is 0 Å². The van der Waals surface area contributed by atoms with Crippen LogP contribution in [0.25, 0.3) is 16.6 Å². The Bertz CT molecular complexity index is 1770. The summed E-state index contributed by atoms with van der Waals surface area (Å²) in [4.78, 5) is 48.5. The molecule has 3 aliphatic heterocycles.